The maximum Gasteiger partial charge on any atom is 0.274 e. The van der Waals surface area contributed by atoms with Crippen LogP contribution in [0.5, 0.6) is 0 Å². The molecular formula is C21H29N3O4S. The summed E-state index contributed by atoms with van der Waals surface area (Å²) >= 11 is 0. The summed E-state index contributed by atoms with van der Waals surface area (Å²) < 4.78 is 30.9. The van der Waals surface area contributed by atoms with Gasteiger partial charge in [0.25, 0.3) is 5.91 Å². The third-order valence-corrected chi connectivity index (χ3v) is 7.46. The molecule has 1 amide bonds. The van der Waals surface area contributed by atoms with Crippen molar-refractivity contribution in [2.24, 2.45) is 11.3 Å². The van der Waals surface area contributed by atoms with Crippen molar-refractivity contribution in [1.82, 2.24) is 14.8 Å². The van der Waals surface area contributed by atoms with Crippen molar-refractivity contribution >= 4 is 15.9 Å². The first-order valence-corrected chi connectivity index (χ1v) is 11.2. The van der Waals surface area contributed by atoms with Crippen LogP contribution >= 0.6 is 0 Å². The lowest BCUT2D eigenvalue weighted by atomic mass is 9.71. The standard InChI is InChI=1S/C21H29N3O4S/c1-21(2,3)15-8-11-18-17(12-15)19(23-28-18)20(25)22-13-14-6-9-16(10-7-14)29(26,27)24(4)5/h6-7,9-10,15H,8,11-13H2,1-5H3,(H,22,25)/t15-/m0/s1. The molecule has 0 saturated carbocycles. The summed E-state index contributed by atoms with van der Waals surface area (Å²) in [5.41, 5.74) is 2.25. The normalized spacial score (nSPS) is 17.2. The molecule has 158 valence electrons. The summed E-state index contributed by atoms with van der Waals surface area (Å²) in [7, 11) is -0.480. The number of nitrogens with one attached hydrogen (secondary N) is 1. The Morgan fingerprint density at radius 2 is 1.90 bits per heavy atom. The van der Waals surface area contributed by atoms with Gasteiger partial charge < -0.3 is 9.84 Å². The van der Waals surface area contributed by atoms with E-state index in [2.05, 4.69) is 31.2 Å². The summed E-state index contributed by atoms with van der Waals surface area (Å²) in [5.74, 6) is 1.02. The number of fused-ring (bicyclic) bond motifs is 1. The molecule has 7 nitrogen and oxygen atoms in total. The Hall–Kier alpha value is -2.19. The van der Waals surface area contributed by atoms with Crippen LogP contribution in [0.3, 0.4) is 0 Å². The number of nitrogens with zero attached hydrogens (tertiary/aromatic N) is 2. The number of rotatable bonds is 5. The van der Waals surface area contributed by atoms with Crippen molar-refractivity contribution in [2.45, 2.75) is 51.5 Å². The molecule has 1 atom stereocenters. The molecule has 8 heteroatoms. The highest BCUT2D eigenvalue weighted by Gasteiger charge is 2.34. The first-order valence-electron chi connectivity index (χ1n) is 9.77. The van der Waals surface area contributed by atoms with E-state index in [9.17, 15) is 13.2 Å². The lowest BCUT2D eigenvalue weighted by molar-refractivity contribution is 0.0940. The molecule has 0 saturated heterocycles. The number of amides is 1. The first kappa shape index (κ1) is 21.5. The van der Waals surface area contributed by atoms with Crippen LogP contribution in [0.1, 0.15) is 54.6 Å². The van der Waals surface area contributed by atoms with Crippen molar-refractivity contribution in [2.75, 3.05) is 14.1 Å². The zero-order valence-corrected chi connectivity index (χ0v) is 18.5. The second-order valence-corrected chi connectivity index (χ2v) is 11.0. The molecule has 0 unspecified atom stereocenters. The minimum Gasteiger partial charge on any atom is -0.360 e. The number of sulfonamides is 1. The van der Waals surface area contributed by atoms with Gasteiger partial charge in [-0.05, 0) is 41.9 Å². The predicted octanol–water partition coefficient (Wildman–Crippen LogP) is 3.01. The molecule has 0 spiro atoms. The van der Waals surface area contributed by atoms with Crippen molar-refractivity contribution in [1.29, 1.82) is 0 Å². The summed E-state index contributed by atoms with van der Waals surface area (Å²) in [6.07, 6.45) is 2.64. The minimum atomic E-state index is -3.46. The van der Waals surface area contributed by atoms with E-state index in [1.54, 1.807) is 24.3 Å². The topological polar surface area (TPSA) is 92.5 Å². The molecule has 0 aliphatic heterocycles. The van der Waals surface area contributed by atoms with Gasteiger partial charge in [0.2, 0.25) is 10.0 Å². The quantitative estimate of drug-likeness (QED) is 0.804. The molecule has 2 aromatic rings. The molecule has 1 aliphatic rings. The van der Waals surface area contributed by atoms with Crippen molar-refractivity contribution in [3.8, 4) is 0 Å². The van der Waals surface area contributed by atoms with E-state index in [1.165, 1.54) is 18.4 Å². The Balaban J connectivity index is 1.68. The SMILES string of the molecule is CN(C)S(=O)(=O)c1ccc(CNC(=O)c2noc3c2C[C@@H](C(C)(C)C)CC3)cc1. The lowest BCUT2D eigenvalue weighted by Crippen LogP contribution is -2.29. The largest absolute Gasteiger partial charge is 0.360 e. The van der Waals surface area contributed by atoms with E-state index >= 15 is 0 Å². The monoisotopic (exact) mass is 419 g/mol. The van der Waals surface area contributed by atoms with Gasteiger partial charge in [0.05, 0.1) is 4.90 Å². The van der Waals surface area contributed by atoms with Crippen molar-refractivity contribution < 1.29 is 17.7 Å². The van der Waals surface area contributed by atoms with Gasteiger partial charge in [-0.1, -0.05) is 38.1 Å². The number of carbonyl (C=O) groups is 1. The molecule has 0 radical (unpaired) electrons. The van der Waals surface area contributed by atoms with Gasteiger partial charge in [0.1, 0.15) is 5.76 Å². The molecule has 1 N–H and O–H groups in total. The Morgan fingerprint density at radius 3 is 2.48 bits per heavy atom. The molecule has 0 fully saturated rings. The number of aromatic nitrogens is 1. The summed E-state index contributed by atoms with van der Waals surface area (Å²) in [6, 6.07) is 6.49. The fraction of sp³-hybridized carbons (Fsp3) is 0.524. The lowest BCUT2D eigenvalue weighted by Gasteiger charge is -2.33. The van der Waals surface area contributed by atoms with Crippen molar-refractivity contribution in [3.63, 3.8) is 0 Å². The highest BCUT2D eigenvalue weighted by atomic mass is 32.2. The number of hydrogen-bond acceptors (Lipinski definition) is 5. The Kier molecular flexibility index (Phi) is 5.87. The van der Waals surface area contributed by atoms with Gasteiger partial charge in [-0.3, -0.25) is 4.79 Å². The molecule has 1 heterocycles. The molecule has 29 heavy (non-hydrogen) atoms. The summed E-state index contributed by atoms with van der Waals surface area (Å²) in [4.78, 5) is 12.9. The summed E-state index contributed by atoms with van der Waals surface area (Å²) in [5, 5.41) is 6.89. The van der Waals surface area contributed by atoms with E-state index < -0.39 is 10.0 Å². The minimum absolute atomic E-state index is 0.164. The van der Waals surface area contributed by atoms with Gasteiger partial charge in [-0.15, -0.1) is 0 Å². The van der Waals surface area contributed by atoms with E-state index in [-0.39, 0.29) is 22.8 Å². The van der Waals surface area contributed by atoms with Gasteiger partial charge >= 0.3 is 0 Å². The highest BCUT2D eigenvalue weighted by molar-refractivity contribution is 7.89. The number of carbonyl (C=O) groups excluding carboxylic acids is 1. The Bertz CT molecular complexity index is 986. The van der Waals surface area contributed by atoms with Crippen LogP contribution in [0.15, 0.2) is 33.7 Å². The number of aryl methyl sites for hydroxylation is 1. The van der Waals surface area contributed by atoms with Crippen LogP contribution in [-0.4, -0.2) is 37.9 Å². The van der Waals surface area contributed by atoms with Crippen LogP contribution in [0.4, 0.5) is 0 Å². The smallest absolute Gasteiger partial charge is 0.274 e. The van der Waals surface area contributed by atoms with Gasteiger partial charge in [-0.25, -0.2) is 12.7 Å². The zero-order chi connectivity index (χ0) is 21.4. The predicted molar refractivity (Wildman–Crippen MR) is 110 cm³/mol. The van der Waals surface area contributed by atoms with Crippen LogP contribution in [0.2, 0.25) is 0 Å². The average molecular weight is 420 g/mol. The number of hydrogen-bond donors (Lipinski definition) is 1. The fourth-order valence-corrected chi connectivity index (χ4v) is 4.48. The maximum atomic E-state index is 12.7. The molecule has 0 bridgehead atoms. The van der Waals surface area contributed by atoms with Crippen LogP contribution in [0, 0.1) is 11.3 Å². The second-order valence-electron chi connectivity index (χ2n) is 8.85. The third kappa shape index (κ3) is 4.53. The van der Waals surface area contributed by atoms with E-state index in [4.69, 9.17) is 4.52 Å². The molecule has 1 aromatic carbocycles. The van der Waals surface area contributed by atoms with E-state index in [0.29, 0.717) is 11.6 Å². The van der Waals surface area contributed by atoms with Crippen LogP contribution in [0.25, 0.3) is 0 Å². The molecule has 1 aromatic heterocycles. The first-order chi connectivity index (χ1) is 13.5. The summed E-state index contributed by atoms with van der Waals surface area (Å²) in [6.45, 7) is 6.94. The van der Waals surface area contributed by atoms with E-state index in [1.807, 2.05) is 0 Å². The van der Waals surface area contributed by atoms with Gasteiger partial charge in [-0.2, -0.15) is 0 Å². The van der Waals surface area contributed by atoms with Crippen LogP contribution in [-0.2, 0) is 29.4 Å². The maximum absolute atomic E-state index is 12.7. The molecule has 1 aliphatic carbocycles. The fourth-order valence-electron chi connectivity index (χ4n) is 3.58. The zero-order valence-electron chi connectivity index (χ0n) is 17.7. The molecular weight excluding hydrogens is 390 g/mol. The van der Waals surface area contributed by atoms with Crippen LogP contribution < -0.4 is 5.32 Å². The molecule has 3 rings (SSSR count). The van der Waals surface area contributed by atoms with Crippen molar-refractivity contribution in [3.05, 3.63) is 46.8 Å². The Morgan fingerprint density at radius 1 is 1.24 bits per heavy atom. The highest BCUT2D eigenvalue weighted by Crippen LogP contribution is 2.38. The third-order valence-electron chi connectivity index (χ3n) is 5.63. The average Bonchev–Trinajstić information content (AvgIpc) is 3.09. The number of benzene rings is 1. The Labute approximate surface area is 172 Å². The van der Waals surface area contributed by atoms with Gasteiger partial charge in [0.15, 0.2) is 5.69 Å². The van der Waals surface area contributed by atoms with Gasteiger partial charge in [0, 0.05) is 32.6 Å². The second kappa shape index (κ2) is 7.91. The van der Waals surface area contributed by atoms with E-state index in [0.717, 1.165) is 36.1 Å².